The van der Waals surface area contributed by atoms with Crippen molar-refractivity contribution in [2.45, 2.75) is 38.2 Å². The fourth-order valence-corrected chi connectivity index (χ4v) is 2.83. The van der Waals surface area contributed by atoms with Crippen LogP contribution in [0.15, 0.2) is 12.5 Å². The van der Waals surface area contributed by atoms with Crippen LogP contribution in [0.1, 0.15) is 32.6 Å². The maximum Gasteiger partial charge on any atom is 0.163 e. The van der Waals surface area contributed by atoms with Crippen molar-refractivity contribution >= 4 is 16.9 Å². The number of aryl methyl sites for hydroxylation is 1. The Balaban J connectivity index is 1.74. The van der Waals surface area contributed by atoms with E-state index in [1.165, 1.54) is 6.33 Å². The normalized spacial score (nSPS) is 26.9. The van der Waals surface area contributed by atoms with Gasteiger partial charge in [0.25, 0.3) is 0 Å². The van der Waals surface area contributed by atoms with Crippen molar-refractivity contribution in [3.63, 3.8) is 0 Å². The van der Waals surface area contributed by atoms with E-state index in [-0.39, 0.29) is 0 Å². The minimum absolute atomic E-state index is 0.528. The molecule has 0 aromatic carbocycles. The molecule has 6 heteroatoms. The number of fused-ring (bicyclic) bond motifs is 1. The molecule has 0 spiro atoms. The Hall–Kier alpha value is -1.69. The van der Waals surface area contributed by atoms with Crippen LogP contribution in [0, 0.1) is 5.92 Å². The van der Waals surface area contributed by atoms with E-state index in [2.05, 4.69) is 27.3 Å². The summed E-state index contributed by atoms with van der Waals surface area (Å²) in [5.41, 5.74) is 0.179. The largest absolute Gasteiger partial charge is 0.388 e. The first-order chi connectivity index (χ1) is 9.57. The molecular formula is C14H21N5O. The average Bonchev–Trinajstić information content (AvgIpc) is 2.83. The maximum absolute atomic E-state index is 10.6. The number of aliphatic hydroxyl groups is 1. The first-order valence-electron chi connectivity index (χ1n) is 7.16. The molecule has 6 nitrogen and oxygen atoms in total. The second-order valence-electron chi connectivity index (χ2n) is 5.99. The molecule has 1 aliphatic carbocycles. The lowest BCUT2D eigenvalue weighted by Crippen LogP contribution is -2.40. The molecule has 2 heterocycles. The van der Waals surface area contributed by atoms with Gasteiger partial charge in [0, 0.05) is 13.6 Å². The van der Waals surface area contributed by atoms with Crippen molar-refractivity contribution in [3.8, 4) is 0 Å². The van der Waals surface area contributed by atoms with Crippen LogP contribution in [0.2, 0.25) is 0 Å². The number of nitrogens with one attached hydrogen (secondary N) is 1. The Bertz CT molecular complexity index is 601. The summed E-state index contributed by atoms with van der Waals surface area (Å²) in [5, 5.41) is 19.0. The zero-order chi connectivity index (χ0) is 14.2. The second-order valence-corrected chi connectivity index (χ2v) is 5.99. The fraction of sp³-hybridized carbons (Fsp3) is 0.643. The Kier molecular flexibility index (Phi) is 3.33. The molecule has 1 fully saturated rings. The van der Waals surface area contributed by atoms with Crippen LogP contribution in [0.25, 0.3) is 11.0 Å². The zero-order valence-electron chi connectivity index (χ0n) is 12.0. The Morgan fingerprint density at radius 1 is 1.40 bits per heavy atom. The molecule has 0 bridgehead atoms. The molecule has 2 N–H and O–H groups in total. The molecule has 0 saturated heterocycles. The fourth-order valence-electron chi connectivity index (χ4n) is 2.83. The molecule has 108 valence electrons. The highest BCUT2D eigenvalue weighted by molar-refractivity contribution is 5.85. The van der Waals surface area contributed by atoms with Gasteiger partial charge in [-0.25, -0.2) is 9.97 Å². The van der Waals surface area contributed by atoms with Crippen LogP contribution >= 0.6 is 0 Å². The van der Waals surface area contributed by atoms with Crippen molar-refractivity contribution in [1.82, 2.24) is 19.7 Å². The predicted molar refractivity (Wildman–Crippen MR) is 77.4 cm³/mol. The Labute approximate surface area is 118 Å². The third-order valence-electron chi connectivity index (χ3n) is 4.32. The average molecular weight is 275 g/mol. The molecule has 20 heavy (non-hydrogen) atoms. The van der Waals surface area contributed by atoms with E-state index < -0.39 is 5.60 Å². The van der Waals surface area contributed by atoms with Gasteiger partial charge in [-0.15, -0.1) is 0 Å². The van der Waals surface area contributed by atoms with Crippen LogP contribution in [0.5, 0.6) is 0 Å². The summed E-state index contributed by atoms with van der Waals surface area (Å²) in [6.45, 7) is 2.78. The van der Waals surface area contributed by atoms with Gasteiger partial charge in [0.15, 0.2) is 5.65 Å². The third kappa shape index (κ3) is 2.47. The molecule has 0 aliphatic heterocycles. The van der Waals surface area contributed by atoms with Gasteiger partial charge in [0.05, 0.1) is 17.2 Å². The number of rotatable bonds is 3. The molecule has 0 atom stereocenters. The number of nitrogens with zero attached hydrogens (tertiary/aromatic N) is 4. The summed E-state index contributed by atoms with van der Waals surface area (Å²) in [6.07, 6.45) is 7.16. The molecular weight excluding hydrogens is 254 g/mol. The van der Waals surface area contributed by atoms with Crippen LogP contribution in [0.4, 0.5) is 5.82 Å². The van der Waals surface area contributed by atoms with Crippen LogP contribution in [0.3, 0.4) is 0 Å². The quantitative estimate of drug-likeness (QED) is 0.892. The van der Waals surface area contributed by atoms with Crippen molar-refractivity contribution in [3.05, 3.63) is 12.5 Å². The molecule has 0 unspecified atom stereocenters. The van der Waals surface area contributed by atoms with Gasteiger partial charge in [0.1, 0.15) is 12.1 Å². The van der Waals surface area contributed by atoms with E-state index in [0.29, 0.717) is 6.54 Å². The third-order valence-corrected chi connectivity index (χ3v) is 4.32. The highest BCUT2D eigenvalue weighted by Crippen LogP contribution is 2.32. The summed E-state index contributed by atoms with van der Waals surface area (Å²) >= 11 is 0. The molecule has 2 aromatic heterocycles. The van der Waals surface area contributed by atoms with Crippen LogP contribution in [-0.2, 0) is 7.05 Å². The van der Waals surface area contributed by atoms with Crippen molar-refractivity contribution in [1.29, 1.82) is 0 Å². The smallest absolute Gasteiger partial charge is 0.163 e. The van der Waals surface area contributed by atoms with E-state index >= 15 is 0 Å². The van der Waals surface area contributed by atoms with E-state index in [0.717, 1.165) is 48.5 Å². The van der Waals surface area contributed by atoms with E-state index in [9.17, 15) is 5.11 Å². The SMILES string of the molecule is CC1CCC(O)(CNc2ncnc3c2cnn3C)CC1. The second kappa shape index (κ2) is 5.01. The first kappa shape index (κ1) is 13.3. The molecule has 3 rings (SSSR count). The van der Waals surface area contributed by atoms with Gasteiger partial charge >= 0.3 is 0 Å². The summed E-state index contributed by atoms with van der Waals surface area (Å²) in [4.78, 5) is 8.47. The van der Waals surface area contributed by atoms with Gasteiger partial charge in [-0.3, -0.25) is 4.68 Å². The zero-order valence-corrected chi connectivity index (χ0v) is 12.0. The van der Waals surface area contributed by atoms with Gasteiger partial charge in [-0.1, -0.05) is 6.92 Å². The lowest BCUT2D eigenvalue weighted by atomic mass is 9.79. The monoisotopic (exact) mass is 275 g/mol. The highest BCUT2D eigenvalue weighted by atomic mass is 16.3. The summed E-state index contributed by atoms with van der Waals surface area (Å²) in [6, 6.07) is 0. The van der Waals surface area contributed by atoms with Crippen molar-refractivity contribution in [2.75, 3.05) is 11.9 Å². The van der Waals surface area contributed by atoms with E-state index in [1.807, 2.05) is 7.05 Å². The lowest BCUT2D eigenvalue weighted by molar-refractivity contribution is 0.00497. The van der Waals surface area contributed by atoms with Crippen molar-refractivity contribution in [2.24, 2.45) is 13.0 Å². The standard InChI is InChI=1S/C14H21N5O/c1-10-3-5-14(20,6-4-10)8-15-12-11-7-18-19(2)13(11)17-9-16-12/h7,9-10,20H,3-6,8H2,1-2H3,(H,15,16,17). The summed E-state index contributed by atoms with van der Waals surface area (Å²) in [7, 11) is 1.86. The number of aromatic nitrogens is 4. The minimum atomic E-state index is -0.619. The Morgan fingerprint density at radius 3 is 2.90 bits per heavy atom. The molecule has 0 amide bonds. The maximum atomic E-state index is 10.6. The highest BCUT2D eigenvalue weighted by Gasteiger charge is 2.31. The van der Waals surface area contributed by atoms with Crippen LogP contribution < -0.4 is 5.32 Å². The Morgan fingerprint density at radius 2 is 2.15 bits per heavy atom. The minimum Gasteiger partial charge on any atom is -0.388 e. The summed E-state index contributed by atoms with van der Waals surface area (Å²) in [5.74, 6) is 1.47. The predicted octanol–water partition coefficient (Wildman–Crippen LogP) is 1.72. The topological polar surface area (TPSA) is 75.9 Å². The molecule has 1 saturated carbocycles. The molecule has 1 aliphatic rings. The molecule has 2 aromatic rings. The molecule has 0 radical (unpaired) electrons. The first-order valence-corrected chi connectivity index (χ1v) is 7.16. The van der Waals surface area contributed by atoms with Gasteiger partial charge < -0.3 is 10.4 Å². The summed E-state index contributed by atoms with van der Waals surface area (Å²) < 4.78 is 1.72. The lowest BCUT2D eigenvalue weighted by Gasteiger charge is -2.35. The number of hydrogen-bond acceptors (Lipinski definition) is 5. The number of hydrogen-bond donors (Lipinski definition) is 2. The number of anilines is 1. The van der Waals surface area contributed by atoms with Gasteiger partial charge in [-0.05, 0) is 31.6 Å². The van der Waals surface area contributed by atoms with Gasteiger partial charge in [-0.2, -0.15) is 5.10 Å². The van der Waals surface area contributed by atoms with E-state index in [4.69, 9.17) is 0 Å². The van der Waals surface area contributed by atoms with E-state index in [1.54, 1.807) is 10.9 Å². The van der Waals surface area contributed by atoms with Crippen molar-refractivity contribution < 1.29 is 5.11 Å². The van der Waals surface area contributed by atoms with Crippen LogP contribution in [-0.4, -0.2) is 37.0 Å². The van der Waals surface area contributed by atoms with Gasteiger partial charge in [0.2, 0.25) is 0 Å².